The largest absolute Gasteiger partial charge is 0.481 e. The van der Waals surface area contributed by atoms with E-state index in [1.165, 1.54) is 0 Å². The SMILES string of the molecule is CC(NC(=O)CN1C[C@@H]2CCC[C@@]2(C(=O)O)C1)c1cccs1.Cl. The van der Waals surface area contributed by atoms with Gasteiger partial charge in [-0.25, -0.2) is 0 Å². The van der Waals surface area contributed by atoms with Crippen LogP contribution >= 0.6 is 23.7 Å². The van der Waals surface area contributed by atoms with E-state index in [9.17, 15) is 14.7 Å². The molecular weight excluding hydrogens is 336 g/mol. The van der Waals surface area contributed by atoms with Crippen molar-refractivity contribution < 1.29 is 14.7 Å². The van der Waals surface area contributed by atoms with E-state index in [-0.39, 0.29) is 30.3 Å². The van der Waals surface area contributed by atoms with Crippen LogP contribution in [0.15, 0.2) is 17.5 Å². The number of carbonyl (C=O) groups excluding carboxylic acids is 1. The van der Waals surface area contributed by atoms with Gasteiger partial charge in [-0.2, -0.15) is 0 Å². The standard InChI is InChI=1S/C16H22N2O3S.ClH/c1-11(13-5-3-7-22-13)17-14(19)9-18-8-12-4-2-6-16(12,10-18)15(20)21;/h3,5,7,11-12H,2,4,6,8-10H2,1H3,(H,17,19)(H,20,21);1H/t11?,12-,16+;/m0./s1. The van der Waals surface area contributed by atoms with Crippen molar-refractivity contribution in [1.82, 2.24) is 10.2 Å². The summed E-state index contributed by atoms with van der Waals surface area (Å²) in [6.45, 7) is 3.50. The van der Waals surface area contributed by atoms with Crippen molar-refractivity contribution in [3.05, 3.63) is 22.4 Å². The number of rotatable bonds is 5. The molecule has 7 heteroatoms. The van der Waals surface area contributed by atoms with Crippen molar-refractivity contribution in [2.45, 2.75) is 32.2 Å². The molecule has 1 aliphatic carbocycles. The van der Waals surface area contributed by atoms with Crippen LogP contribution < -0.4 is 5.32 Å². The highest BCUT2D eigenvalue weighted by Gasteiger charge is 2.54. The number of thiophene rings is 1. The van der Waals surface area contributed by atoms with E-state index in [1.807, 2.05) is 29.3 Å². The Kier molecular flexibility index (Phi) is 5.70. The highest BCUT2D eigenvalue weighted by molar-refractivity contribution is 7.10. The summed E-state index contributed by atoms with van der Waals surface area (Å²) >= 11 is 1.63. The monoisotopic (exact) mass is 358 g/mol. The zero-order valence-corrected chi connectivity index (χ0v) is 14.8. The molecule has 1 aromatic heterocycles. The number of fused-ring (bicyclic) bond motifs is 1. The molecule has 1 amide bonds. The van der Waals surface area contributed by atoms with Crippen LogP contribution in [-0.4, -0.2) is 41.5 Å². The van der Waals surface area contributed by atoms with E-state index < -0.39 is 11.4 Å². The Morgan fingerprint density at radius 3 is 2.96 bits per heavy atom. The molecule has 0 aromatic carbocycles. The van der Waals surface area contributed by atoms with Gasteiger partial charge in [0.2, 0.25) is 5.91 Å². The lowest BCUT2D eigenvalue weighted by molar-refractivity contribution is -0.149. The Morgan fingerprint density at radius 1 is 1.57 bits per heavy atom. The van der Waals surface area contributed by atoms with E-state index in [0.717, 1.165) is 30.7 Å². The number of amides is 1. The quantitative estimate of drug-likeness (QED) is 0.848. The number of carboxylic acid groups (broad SMARTS) is 1. The van der Waals surface area contributed by atoms with Gasteiger partial charge in [-0.05, 0) is 37.1 Å². The lowest BCUT2D eigenvalue weighted by Crippen LogP contribution is -2.40. The van der Waals surface area contributed by atoms with Crippen LogP contribution in [-0.2, 0) is 9.59 Å². The van der Waals surface area contributed by atoms with E-state index in [4.69, 9.17) is 0 Å². The minimum absolute atomic E-state index is 0. The van der Waals surface area contributed by atoms with E-state index in [1.54, 1.807) is 11.3 Å². The van der Waals surface area contributed by atoms with Gasteiger partial charge in [-0.15, -0.1) is 23.7 Å². The molecule has 2 fully saturated rings. The molecule has 2 aliphatic rings. The van der Waals surface area contributed by atoms with Gasteiger partial charge < -0.3 is 10.4 Å². The predicted octanol–water partition coefficient (Wildman–Crippen LogP) is 2.53. The van der Waals surface area contributed by atoms with E-state index in [2.05, 4.69) is 5.32 Å². The molecule has 1 unspecified atom stereocenters. The van der Waals surface area contributed by atoms with Crippen molar-refractivity contribution in [2.24, 2.45) is 11.3 Å². The van der Waals surface area contributed by atoms with Gasteiger partial charge in [0.1, 0.15) is 0 Å². The number of halogens is 1. The number of nitrogens with one attached hydrogen (secondary N) is 1. The number of aliphatic carboxylic acids is 1. The van der Waals surface area contributed by atoms with Crippen molar-refractivity contribution in [2.75, 3.05) is 19.6 Å². The molecule has 128 valence electrons. The predicted molar refractivity (Wildman–Crippen MR) is 92.0 cm³/mol. The first-order valence-corrected chi connectivity index (χ1v) is 8.68. The second-order valence-electron chi connectivity index (χ2n) is 6.52. The van der Waals surface area contributed by atoms with Crippen molar-refractivity contribution in [1.29, 1.82) is 0 Å². The van der Waals surface area contributed by atoms with Crippen LogP contribution in [0, 0.1) is 11.3 Å². The number of likely N-dealkylation sites (tertiary alicyclic amines) is 1. The first kappa shape index (κ1) is 18.2. The molecule has 2 N–H and O–H groups in total. The molecule has 5 nitrogen and oxygen atoms in total. The number of hydrogen-bond donors (Lipinski definition) is 2. The third kappa shape index (κ3) is 3.54. The highest BCUT2D eigenvalue weighted by atomic mass is 35.5. The van der Waals surface area contributed by atoms with Gasteiger partial charge in [0.05, 0.1) is 18.0 Å². The smallest absolute Gasteiger partial charge is 0.311 e. The summed E-state index contributed by atoms with van der Waals surface area (Å²) in [4.78, 5) is 27.0. The second-order valence-corrected chi connectivity index (χ2v) is 7.50. The first-order valence-electron chi connectivity index (χ1n) is 7.80. The maximum absolute atomic E-state index is 12.2. The molecule has 3 rings (SSSR count). The summed E-state index contributed by atoms with van der Waals surface area (Å²) < 4.78 is 0. The molecule has 0 radical (unpaired) electrons. The summed E-state index contributed by atoms with van der Waals surface area (Å²) in [5.74, 6) is -0.515. The Bertz CT molecular complexity index is 566. The molecule has 1 aromatic rings. The first-order chi connectivity index (χ1) is 10.5. The summed E-state index contributed by atoms with van der Waals surface area (Å²) in [5.41, 5.74) is -0.611. The van der Waals surface area contributed by atoms with Gasteiger partial charge in [0, 0.05) is 18.0 Å². The van der Waals surface area contributed by atoms with Crippen molar-refractivity contribution >= 4 is 35.6 Å². The summed E-state index contributed by atoms with van der Waals surface area (Å²) in [6.07, 6.45) is 2.71. The molecule has 0 bridgehead atoms. The molecular formula is C16H23ClN2O3S. The fraction of sp³-hybridized carbons (Fsp3) is 0.625. The van der Waals surface area contributed by atoms with Crippen LogP contribution in [0.4, 0.5) is 0 Å². The molecule has 1 saturated carbocycles. The fourth-order valence-electron chi connectivity index (χ4n) is 3.96. The van der Waals surface area contributed by atoms with Crippen molar-refractivity contribution in [3.8, 4) is 0 Å². The van der Waals surface area contributed by atoms with Gasteiger partial charge in [0.15, 0.2) is 0 Å². The fourth-order valence-corrected chi connectivity index (χ4v) is 4.70. The van der Waals surface area contributed by atoms with Gasteiger partial charge in [-0.1, -0.05) is 12.5 Å². The van der Waals surface area contributed by atoms with E-state index >= 15 is 0 Å². The van der Waals surface area contributed by atoms with Crippen LogP contribution in [0.3, 0.4) is 0 Å². The zero-order valence-electron chi connectivity index (χ0n) is 13.2. The van der Waals surface area contributed by atoms with Crippen LogP contribution in [0.25, 0.3) is 0 Å². The second kappa shape index (κ2) is 7.20. The lowest BCUT2D eigenvalue weighted by atomic mass is 9.81. The zero-order chi connectivity index (χ0) is 15.7. The Hall–Kier alpha value is -1.11. The topological polar surface area (TPSA) is 69.6 Å². The Morgan fingerprint density at radius 2 is 2.35 bits per heavy atom. The highest BCUT2D eigenvalue weighted by Crippen LogP contribution is 2.48. The Labute approximate surface area is 146 Å². The molecule has 2 heterocycles. The summed E-state index contributed by atoms with van der Waals surface area (Å²) in [6, 6.07) is 3.99. The summed E-state index contributed by atoms with van der Waals surface area (Å²) in [7, 11) is 0. The molecule has 23 heavy (non-hydrogen) atoms. The van der Waals surface area contributed by atoms with Crippen LogP contribution in [0.1, 0.15) is 37.1 Å². The number of hydrogen-bond acceptors (Lipinski definition) is 4. The third-order valence-corrected chi connectivity index (χ3v) is 6.14. The Balaban J connectivity index is 0.00000192. The van der Waals surface area contributed by atoms with E-state index in [0.29, 0.717) is 13.1 Å². The summed E-state index contributed by atoms with van der Waals surface area (Å²) in [5, 5.41) is 14.6. The number of carbonyl (C=O) groups is 2. The molecule has 1 saturated heterocycles. The minimum Gasteiger partial charge on any atom is -0.481 e. The third-order valence-electron chi connectivity index (χ3n) is 5.08. The van der Waals surface area contributed by atoms with Gasteiger partial charge in [0.25, 0.3) is 0 Å². The van der Waals surface area contributed by atoms with Crippen LogP contribution in [0.2, 0.25) is 0 Å². The van der Waals surface area contributed by atoms with Crippen LogP contribution in [0.5, 0.6) is 0 Å². The number of carboxylic acids is 1. The van der Waals surface area contributed by atoms with Crippen molar-refractivity contribution in [3.63, 3.8) is 0 Å². The average molecular weight is 359 g/mol. The maximum atomic E-state index is 12.2. The molecule has 0 spiro atoms. The normalized spacial score (nSPS) is 28.0. The molecule has 1 aliphatic heterocycles. The minimum atomic E-state index is -0.690. The average Bonchev–Trinajstić information content (AvgIpc) is 3.12. The lowest BCUT2D eigenvalue weighted by Gasteiger charge is -2.23. The molecule has 3 atom stereocenters. The number of nitrogens with zero attached hydrogens (tertiary/aromatic N) is 1. The van der Waals surface area contributed by atoms with Gasteiger partial charge >= 0.3 is 5.97 Å². The van der Waals surface area contributed by atoms with Gasteiger partial charge in [-0.3, -0.25) is 14.5 Å². The maximum Gasteiger partial charge on any atom is 0.311 e.